The van der Waals surface area contributed by atoms with Crippen molar-refractivity contribution < 1.29 is 102 Å². The molecule has 0 rings (SSSR count). The van der Waals surface area contributed by atoms with Gasteiger partial charge in [-0.05, 0) is 0 Å². The van der Waals surface area contributed by atoms with Crippen molar-refractivity contribution in [3.63, 3.8) is 0 Å². The smallest absolute Gasteiger partial charge is 0.302 e. The van der Waals surface area contributed by atoms with Crippen LogP contribution in [-0.4, -0.2) is 85.5 Å². The number of hydrogen-bond acceptors (Lipinski definition) is 4. The maximum absolute atomic E-state index is 13.6. The predicted molar refractivity (Wildman–Crippen MR) is 85.6 cm³/mol. The van der Waals surface area contributed by atoms with Gasteiger partial charge in [0, 0.05) is 13.1 Å². The van der Waals surface area contributed by atoms with Gasteiger partial charge in [0.15, 0.2) is 0 Å². The molecule has 0 aromatic carbocycles. The van der Waals surface area contributed by atoms with Gasteiger partial charge in [-0.25, -0.2) is 13.3 Å². The first-order chi connectivity index (χ1) is 16.3. The Morgan fingerprint density at radius 2 is 1.05 bits per heavy atom. The van der Waals surface area contributed by atoms with Crippen molar-refractivity contribution in [3.05, 3.63) is 0 Å². The Labute approximate surface area is 200 Å². The molecule has 0 fully saturated rings. The molecule has 230 valence electrons. The molecule has 0 heterocycles. The molecule has 38 heavy (non-hydrogen) atoms. The van der Waals surface area contributed by atoms with Crippen LogP contribution in [0.25, 0.3) is 0 Å². The summed E-state index contributed by atoms with van der Waals surface area (Å²) in [6.45, 7) is -1.81. The van der Waals surface area contributed by atoms with Crippen molar-refractivity contribution in [1.82, 2.24) is 4.31 Å². The molecular formula is C12H11F17NO6PS. The topological polar surface area (TPSA) is 96.3 Å². The Morgan fingerprint density at radius 3 is 1.37 bits per heavy atom. The van der Waals surface area contributed by atoms with E-state index in [1.807, 2.05) is 0 Å². The lowest BCUT2D eigenvalue weighted by atomic mass is 9.91. The van der Waals surface area contributed by atoms with E-state index in [1.165, 1.54) is 0 Å². The van der Waals surface area contributed by atoms with Crippen LogP contribution in [0.2, 0.25) is 0 Å². The van der Waals surface area contributed by atoms with Crippen LogP contribution in [0.15, 0.2) is 0 Å². The Hall–Kier alpha value is -1.01. The minimum atomic E-state index is -8.89. The molecule has 0 aliphatic rings. The summed E-state index contributed by atoms with van der Waals surface area (Å²) in [5.74, 6) is -51.9. The number of likely N-dealkylation sites (N-methyl/N-ethyl adjacent to an activating group) is 1. The molecule has 0 amide bonds. The Bertz CT molecular complexity index is 912. The Balaban J connectivity index is 6.34. The zero-order chi connectivity index (χ0) is 31.2. The fraction of sp³-hybridized carbons (Fsp3) is 1.00. The van der Waals surface area contributed by atoms with Crippen molar-refractivity contribution >= 4 is 19.1 Å². The normalized spacial score (nSPS) is 18.0. The van der Waals surface area contributed by atoms with Gasteiger partial charge in [-0.2, -0.15) is 78.9 Å². The molecular weight excluding hydrogens is 640 g/mol. The summed E-state index contributed by atoms with van der Waals surface area (Å²) in [6, 6.07) is 0. The predicted octanol–water partition coefficient (Wildman–Crippen LogP) is 5.55. The minimum Gasteiger partial charge on any atom is -0.302 e. The van der Waals surface area contributed by atoms with E-state index < -0.39 is 86.6 Å². The van der Waals surface area contributed by atoms with Gasteiger partial charge in [0.2, 0.25) is 11.3 Å². The molecule has 0 aliphatic carbocycles. The van der Waals surface area contributed by atoms with E-state index in [-0.39, 0.29) is 0 Å². The van der Waals surface area contributed by atoms with Gasteiger partial charge in [0.25, 0.3) is 0 Å². The quantitative estimate of drug-likeness (QED) is 0.146. The first-order valence-electron chi connectivity index (χ1n) is 8.57. The number of phosphoric ester groups is 1. The maximum atomic E-state index is 13.6. The molecule has 0 saturated heterocycles. The lowest BCUT2D eigenvalue weighted by Crippen LogP contribution is -2.74. The number of alkyl halides is 17. The van der Waals surface area contributed by atoms with Crippen LogP contribution in [0.1, 0.15) is 6.92 Å². The van der Waals surface area contributed by atoms with Crippen molar-refractivity contribution in [1.29, 1.82) is 0 Å². The van der Waals surface area contributed by atoms with E-state index in [4.69, 9.17) is 9.45 Å². The summed E-state index contributed by atoms with van der Waals surface area (Å²) in [5, 5.41) is 0. The van der Waals surface area contributed by atoms with Gasteiger partial charge in [0.05, 0.1) is 6.61 Å². The van der Waals surface area contributed by atoms with E-state index in [0.717, 1.165) is 6.92 Å². The molecule has 7 nitrogen and oxygen atoms in total. The zero-order valence-electron chi connectivity index (χ0n) is 17.4. The van der Waals surface area contributed by atoms with Crippen molar-refractivity contribution in [2.45, 2.75) is 54.7 Å². The van der Waals surface area contributed by atoms with E-state index in [9.17, 15) is 83.4 Å². The summed E-state index contributed by atoms with van der Waals surface area (Å²) in [6.07, 6.45) is -15.5. The monoisotopic (exact) mass is 651 g/mol. The third-order valence-electron chi connectivity index (χ3n) is 4.09. The minimum absolute atomic E-state index is 0.375. The maximum Gasteiger partial charge on any atom is 0.477 e. The molecule has 0 aromatic rings. The average molecular weight is 651 g/mol. The SMILES string of the molecule is CCN(CCOP(=O)(O)OC(F)(F)C(F)(F)C(F)(F)C(F)(F)C(F)(F)C(F)(F)C(F)(F)C(F)(F)F)S(=O)O. The summed E-state index contributed by atoms with van der Waals surface area (Å²) in [7, 11) is -6.87. The van der Waals surface area contributed by atoms with Crippen LogP contribution in [0.5, 0.6) is 0 Å². The Kier molecular flexibility index (Phi) is 10.5. The molecule has 0 spiro atoms. The summed E-state index contributed by atoms with van der Waals surface area (Å²) in [5.41, 5.74) is 0. The third kappa shape index (κ3) is 6.16. The summed E-state index contributed by atoms with van der Waals surface area (Å²) >= 11 is -2.88. The number of rotatable bonds is 14. The van der Waals surface area contributed by atoms with Gasteiger partial charge < -0.3 is 4.89 Å². The van der Waals surface area contributed by atoms with Crippen molar-refractivity contribution in [3.8, 4) is 0 Å². The first kappa shape index (κ1) is 37.0. The second kappa shape index (κ2) is 10.8. The highest BCUT2D eigenvalue weighted by atomic mass is 32.2. The van der Waals surface area contributed by atoms with Gasteiger partial charge in [0.1, 0.15) is 0 Å². The standard InChI is InChI=1S/C12H11F17NO6PS/c1-2-30(38(33)34)3-4-35-37(31,32)36-12(28,29)10(23,24)8(19,20)6(15,16)5(13,14)7(17,18)9(21,22)11(25,26)27/h2-4H2,1H3,(H,31,32)(H,33,34). The van der Waals surface area contributed by atoms with Crippen molar-refractivity contribution in [2.24, 2.45) is 0 Å². The van der Waals surface area contributed by atoms with E-state index in [0.29, 0.717) is 4.31 Å². The summed E-state index contributed by atoms with van der Waals surface area (Å²) in [4.78, 5) is 8.91. The van der Waals surface area contributed by atoms with Gasteiger partial charge >= 0.3 is 55.6 Å². The molecule has 2 unspecified atom stereocenters. The highest BCUT2D eigenvalue weighted by molar-refractivity contribution is 7.76. The van der Waals surface area contributed by atoms with Gasteiger partial charge in [-0.3, -0.25) is 9.08 Å². The van der Waals surface area contributed by atoms with Crippen LogP contribution in [0, 0.1) is 0 Å². The lowest BCUT2D eigenvalue weighted by Gasteiger charge is -2.42. The molecule has 26 heteroatoms. The van der Waals surface area contributed by atoms with Crippen molar-refractivity contribution in [2.75, 3.05) is 19.7 Å². The average Bonchev–Trinajstić information content (AvgIpc) is 2.68. The van der Waals surface area contributed by atoms with Crippen LogP contribution < -0.4 is 0 Å². The third-order valence-corrected chi connectivity index (χ3v) is 5.94. The molecule has 0 aliphatic heterocycles. The van der Waals surface area contributed by atoms with E-state index >= 15 is 0 Å². The van der Waals surface area contributed by atoms with E-state index in [1.54, 1.807) is 0 Å². The molecule has 0 bridgehead atoms. The molecule has 0 saturated carbocycles. The fourth-order valence-corrected chi connectivity index (χ4v) is 3.20. The van der Waals surface area contributed by atoms with Crippen LogP contribution in [0.3, 0.4) is 0 Å². The highest BCUT2D eigenvalue weighted by Crippen LogP contribution is 2.65. The molecule has 0 radical (unpaired) electrons. The second-order valence-electron chi connectivity index (χ2n) is 6.61. The highest BCUT2D eigenvalue weighted by Gasteiger charge is 2.95. The Morgan fingerprint density at radius 1 is 0.711 bits per heavy atom. The fourth-order valence-electron chi connectivity index (χ4n) is 1.98. The lowest BCUT2D eigenvalue weighted by molar-refractivity contribution is -0.472. The molecule has 2 atom stereocenters. The van der Waals surface area contributed by atoms with Crippen LogP contribution in [0.4, 0.5) is 74.6 Å². The molecule has 0 aromatic heterocycles. The largest absolute Gasteiger partial charge is 0.477 e. The van der Waals surface area contributed by atoms with Gasteiger partial charge in [-0.1, -0.05) is 6.92 Å². The summed E-state index contributed by atoms with van der Waals surface area (Å²) < 4.78 is 260. The molecule has 2 N–H and O–H groups in total. The second-order valence-corrected chi connectivity index (χ2v) is 8.96. The number of phosphoric acid groups is 1. The van der Waals surface area contributed by atoms with Gasteiger partial charge in [-0.15, -0.1) is 0 Å². The van der Waals surface area contributed by atoms with E-state index in [2.05, 4.69) is 9.05 Å². The zero-order valence-corrected chi connectivity index (χ0v) is 19.1. The van der Waals surface area contributed by atoms with Crippen LogP contribution >= 0.6 is 7.82 Å². The number of halogens is 17. The first-order valence-corrected chi connectivity index (χ1v) is 11.1. The van der Waals surface area contributed by atoms with Crippen LogP contribution in [-0.2, 0) is 24.9 Å². The number of hydrogen-bond donors (Lipinski definition) is 2. The number of nitrogens with zero attached hydrogens (tertiary/aromatic N) is 1.